The highest BCUT2D eigenvalue weighted by Gasteiger charge is 2.21. The fraction of sp³-hybridized carbons (Fsp3) is 0.333. The van der Waals surface area contributed by atoms with E-state index in [4.69, 9.17) is 23.2 Å². The molecule has 0 aliphatic carbocycles. The lowest BCUT2D eigenvalue weighted by Gasteiger charge is -2.16. The average Bonchev–Trinajstić information content (AvgIpc) is 2.20. The maximum Gasteiger partial charge on any atom is 0.147 e. The fourth-order valence-corrected chi connectivity index (χ4v) is 1.39. The molecule has 0 aromatic heterocycles. The molecule has 0 saturated heterocycles. The number of hydrogen-bond donors (Lipinski definition) is 2. The zero-order chi connectivity index (χ0) is 10.7. The Morgan fingerprint density at radius 2 is 2.00 bits per heavy atom. The Morgan fingerprint density at radius 1 is 1.36 bits per heavy atom. The molecular formula is C9H9Cl2FO2. The molecule has 2 nitrogen and oxygen atoms in total. The monoisotopic (exact) mass is 238 g/mol. The SMILES string of the molecule is OC(CCl)C(O)c1cccc(Cl)c1F. The second kappa shape index (κ2) is 4.94. The van der Waals surface area contributed by atoms with Gasteiger partial charge in [0.15, 0.2) is 0 Å². The third kappa shape index (κ3) is 2.36. The molecule has 14 heavy (non-hydrogen) atoms. The molecule has 78 valence electrons. The van der Waals surface area contributed by atoms with Gasteiger partial charge >= 0.3 is 0 Å². The molecule has 0 radical (unpaired) electrons. The highest BCUT2D eigenvalue weighted by Crippen LogP contribution is 2.25. The zero-order valence-electron chi connectivity index (χ0n) is 7.12. The highest BCUT2D eigenvalue weighted by atomic mass is 35.5. The summed E-state index contributed by atoms with van der Waals surface area (Å²) >= 11 is 10.8. The summed E-state index contributed by atoms with van der Waals surface area (Å²) in [7, 11) is 0. The first kappa shape index (κ1) is 11.7. The van der Waals surface area contributed by atoms with Crippen molar-refractivity contribution in [3.05, 3.63) is 34.6 Å². The molecule has 1 aromatic carbocycles. The van der Waals surface area contributed by atoms with Gasteiger partial charge < -0.3 is 10.2 Å². The van der Waals surface area contributed by atoms with E-state index < -0.39 is 18.0 Å². The van der Waals surface area contributed by atoms with Crippen LogP contribution in [0, 0.1) is 5.82 Å². The molecule has 0 saturated carbocycles. The summed E-state index contributed by atoms with van der Waals surface area (Å²) in [4.78, 5) is 0. The Kier molecular flexibility index (Phi) is 4.13. The molecule has 0 heterocycles. The average molecular weight is 239 g/mol. The van der Waals surface area contributed by atoms with E-state index in [1.54, 1.807) is 0 Å². The number of aliphatic hydroxyl groups excluding tert-OH is 2. The number of halogens is 3. The van der Waals surface area contributed by atoms with E-state index in [1.807, 2.05) is 0 Å². The minimum atomic E-state index is -1.36. The summed E-state index contributed by atoms with van der Waals surface area (Å²) in [6.45, 7) is 0. The van der Waals surface area contributed by atoms with E-state index in [-0.39, 0.29) is 16.5 Å². The summed E-state index contributed by atoms with van der Waals surface area (Å²) in [5, 5.41) is 18.6. The lowest BCUT2D eigenvalue weighted by atomic mass is 10.1. The first-order chi connectivity index (χ1) is 6.57. The van der Waals surface area contributed by atoms with Gasteiger partial charge in [-0.15, -0.1) is 11.6 Å². The Bertz CT molecular complexity index is 320. The molecule has 0 bridgehead atoms. The second-order valence-corrected chi connectivity index (χ2v) is 3.53. The Labute approximate surface area is 90.9 Å². The van der Waals surface area contributed by atoms with Gasteiger partial charge in [-0.25, -0.2) is 4.39 Å². The summed E-state index contributed by atoms with van der Waals surface area (Å²) < 4.78 is 13.3. The summed E-state index contributed by atoms with van der Waals surface area (Å²) in [6, 6.07) is 4.20. The smallest absolute Gasteiger partial charge is 0.147 e. The summed E-state index contributed by atoms with van der Waals surface area (Å²) in [5.74, 6) is -0.904. The van der Waals surface area contributed by atoms with Gasteiger partial charge in [0.05, 0.1) is 17.0 Å². The van der Waals surface area contributed by atoms with Crippen LogP contribution in [0.5, 0.6) is 0 Å². The molecule has 1 rings (SSSR count). The van der Waals surface area contributed by atoms with Crippen molar-refractivity contribution >= 4 is 23.2 Å². The van der Waals surface area contributed by atoms with Crippen LogP contribution in [-0.2, 0) is 0 Å². The van der Waals surface area contributed by atoms with Gasteiger partial charge in [0, 0.05) is 5.56 Å². The number of aliphatic hydroxyl groups is 2. The van der Waals surface area contributed by atoms with Crippen molar-refractivity contribution in [3.63, 3.8) is 0 Å². The second-order valence-electron chi connectivity index (χ2n) is 2.81. The molecule has 2 N–H and O–H groups in total. The van der Waals surface area contributed by atoms with Crippen LogP contribution in [0.25, 0.3) is 0 Å². The molecule has 0 aliphatic rings. The quantitative estimate of drug-likeness (QED) is 0.793. The predicted molar refractivity (Wildman–Crippen MR) is 53.1 cm³/mol. The molecule has 2 atom stereocenters. The van der Waals surface area contributed by atoms with Crippen LogP contribution in [0.15, 0.2) is 18.2 Å². The molecule has 0 fully saturated rings. The number of rotatable bonds is 3. The Balaban J connectivity index is 3.01. The molecular weight excluding hydrogens is 230 g/mol. The molecule has 0 amide bonds. The lowest BCUT2D eigenvalue weighted by Crippen LogP contribution is -2.20. The van der Waals surface area contributed by atoms with Crippen molar-refractivity contribution in [1.29, 1.82) is 0 Å². The molecule has 2 unspecified atom stereocenters. The van der Waals surface area contributed by atoms with Crippen molar-refractivity contribution < 1.29 is 14.6 Å². The molecule has 1 aromatic rings. The third-order valence-electron chi connectivity index (χ3n) is 1.82. The number of benzene rings is 1. The van der Waals surface area contributed by atoms with Gasteiger partial charge in [-0.2, -0.15) is 0 Å². The zero-order valence-corrected chi connectivity index (χ0v) is 8.63. The van der Waals surface area contributed by atoms with Crippen LogP contribution in [0.1, 0.15) is 11.7 Å². The topological polar surface area (TPSA) is 40.5 Å². The van der Waals surface area contributed by atoms with E-state index in [0.29, 0.717) is 0 Å². The van der Waals surface area contributed by atoms with Crippen molar-refractivity contribution in [2.24, 2.45) is 0 Å². The van der Waals surface area contributed by atoms with Crippen molar-refractivity contribution in [2.75, 3.05) is 5.88 Å². The maximum absolute atomic E-state index is 13.3. The number of alkyl halides is 1. The van der Waals surface area contributed by atoms with Gasteiger partial charge in [0.1, 0.15) is 11.9 Å². The summed E-state index contributed by atoms with van der Waals surface area (Å²) in [5.41, 5.74) is -0.0503. The first-order valence-electron chi connectivity index (χ1n) is 3.94. The van der Waals surface area contributed by atoms with Gasteiger partial charge in [-0.1, -0.05) is 23.7 Å². The van der Waals surface area contributed by atoms with Gasteiger partial charge in [0.25, 0.3) is 0 Å². The lowest BCUT2D eigenvalue weighted by molar-refractivity contribution is 0.0305. The third-order valence-corrected chi connectivity index (χ3v) is 2.43. The first-order valence-corrected chi connectivity index (χ1v) is 4.85. The molecule has 0 aliphatic heterocycles. The van der Waals surface area contributed by atoms with Crippen LogP contribution in [0.4, 0.5) is 4.39 Å². The van der Waals surface area contributed by atoms with Gasteiger partial charge in [-0.05, 0) is 6.07 Å². The maximum atomic E-state index is 13.3. The number of hydrogen-bond acceptors (Lipinski definition) is 2. The Hall–Kier alpha value is -0.350. The fourth-order valence-electron chi connectivity index (χ4n) is 1.04. The summed E-state index contributed by atoms with van der Waals surface area (Å²) in [6.07, 6.45) is -2.56. The van der Waals surface area contributed by atoms with Gasteiger partial charge in [0.2, 0.25) is 0 Å². The molecule has 0 spiro atoms. The van der Waals surface area contributed by atoms with Crippen LogP contribution in [0.3, 0.4) is 0 Å². The van der Waals surface area contributed by atoms with E-state index in [0.717, 1.165) is 0 Å². The van der Waals surface area contributed by atoms with E-state index in [1.165, 1.54) is 18.2 Å². The van der Waals surface area contributed by atoms with Gasteiger partial charge in [-0.3, -0.25) is 0 Å². The van der Waals surface area contributed by atoms with E-state index in [2.05, 4.69) is 0 Å². The minimum Gasteiger partial charge on any atom is -0.389 e. The van der Waals surface area contributed by atoms with Crippen LogP contribution in [-0.4, -0.2) is 22.2 Å². The predicted octanol–water partition coefficient (Wildman–Crippen LogP) is 2.11. The van der Waals surface area contributed by atoms with E-state index in [9.17, 15) is 14.6 Å². The molecule has 5 heteroatoms. The largest absolute Gasteiger partial charge is 0.389 e. The van der Waals surface area contributed by atoms with Crippen molar-refractivity contribution in [3.8, 4) is 0 Å². The minimum absolute atomic E-state index is 0.0503. The van der Waals surface area contributed by atoms with Crippen LogP contribution in [0.2, 0.25) is 5.02 Å². The normalized spacial score (nSPS) is 15.2. The highest BCUT2D eigenvalue weighted by molar-refractivity contribution is 6.30. The van der Waals surface area contributed by atoms with Crippen molar-refractivity contribution in [1.82, 2.24) is 0 Å². The van der Waals surface area contributed by atoms with Crippen LogP contribution < -0.4 is 0 Å². The van der Waals surface area contributed by atoms with Crippen molar-refractivity contribution in [2.45, 2.75) is 12.2 Å². The van der Waals surface area contributed by atoms with Crippen LogP contribution >= 0.6 is 23.2 Å². The van der Waals surface area contributed by atoms with E-state index >= 15 is 0 Å². The Morgan fingerprint density at radius 3 is 2.57 bits per heavy atom. The standard InChI is InChI=1S/C9H9Cl2FO2/c10-4-7(13)9(14)5-2-1-3-6(11)8(5)12/h1-3,7,9,13-14H,4H2.